The Morgan fingerprint density at radius 1 is 0.970 bits per heavy atom. The van der Waals surface area contributed by atoms with Crippen LogP contribution in [0.5, 0.6) is 11.5 Å². The highest BCUT2D eigenvalue weighted by Gasteiger charge is 2.14. The SMILES string of the molecule is COc1cc(C=NNC(=O)c2ccc([N+](=O)[O-])cc2)ccc1OC(=O)c1ccc(Cl)c(Cl)c1. The first kappa shape index (κ1) is 23.7. The van der Waals surface area contributed by atoms with Crippen LogP contribution in [0.1, 0.15) is 26.3 Å². The van der Waals surface area contributed by atoms with E-state index in [2.05, 4.69) is 10.5 Å². The molecule has 0 spiro atoms. The number of amides is 1. The van der Waals surface area contributed by atoms with Crippen LogP contribution in [0.15, 0.2) is 65.8 Å². The van der Waals surface area contributed by atoms with E-state index < -0.39 is 16.8 Å². The first-order chi connectivity index (χ1) is 15.8. The standard InChI is InChI=1S/C22H15Cl2N3O6/c1-32-20-10-13(12-25-26-21(28)14-3-6-16(7-4-14)27(30)31)2-9-19(20)33-22(29)15-5-8-17(23)18(24)11-15/h2-12H,1H3,(H,26,28). The van der Waals surface area contributed by atoms with Gasteiger partial charge in [0.2, 0.25) is 0 Å². The fraction of sp³-hybridized carbons (Fsp3) is 0.0455. The van der Waals surface area contributed by atoms with Crippen molar-refractivity contribution in [2.45, 2.75) is 0 Å². The minimum absolute atomic E-state index is 0.123. The number of benzene rings is 3. The number of nitrogens with zero attached hydrogens (tertiary/aromatic N) is 2. The molecule has 0 atom stereocenters. The van der Waals surface area contributed by atoms with E-state index >= 15 is 0 Å². The number of hydrogen-bond donors (Lipinski definition) is 1. The summed E-state index contributed by atoms with van der Waals surface area (Å²) in [5.41, 5.74) is 3.17. The summed E-state index contributed by atoms with van der Waals surface area (Å²) >= 11 is 11.8. The highest BCUT2D eigenvalue weighted by molar-refractivity contribution is 6.42. The van der Waals surface area contributed by atoms with Crippen molar-refractivity contribution in [3.05, 3.63) is 97.5 Å². The van der Waals surface area contributed by atoms with Crippen LogP contribution in [-0.2, 0) is 0 Å². The van der Waals surface area contributed by atoms with Crippen LogP contribution < -0.4 is 14.9 Å². The van der Waals surface area contributed by atoms with Crippen molar-refractivity contribution in [2.24, 2.45) is 5.10 Å². The normalized spacial score (nSPS) is 10.6. The van der Waals surface area contributed by atoms with E-state index in [9.17, 15) is 19.7 Å². The van der Waals surface area contributed by atoms with Crippen molar-refractivity contribution >= 4 is 47.0 Å². The topological polar surface area (TPSA) is 120 Å². The predicted molar refractivity (Wildman–Crippen MR) is 123 cm³/mol. The van der Waals surface area contributed by atoms with E-state index in [1.807, 2.05) is 0 Å². The molecule has 0 aliphatic heterocycles. The van der Waals surface area contributed by atoms with Crippen molar-refractivity contribution in [1.29, 1.82) is 0 Å². The fourth-order valence-electron chi connectivity index (χ4n) is 2.60. The second-order valence-electron chi connectivity index (χ2n) is 6.43. The Kier molecular flexibility index (Phi) is 7.60. The van der Waals surface area contributed by atoms with Gasteiger partial charge in [0.25, 0.3) is 11.6 Å². The molecule has 0 saturated heterocycles. The van der Waals surface area contributed by atoms with Gasteiger partial charge in [-0.25, -0.2) is 10.2 Å². The van der Waals surface area contributed by atoms with Gasteiger partial charge < -0.3 is 9.47 Å². The van der Waals surface area contributed by atoms with Gasteiger partial charge in [-0.05, 0) is 54.1 Å². The average molecular weight is 488 g/mol. The summed E-state index contributed by atoms with van der Waals surface area (Å²) in [7, 11) is 1.41. The van der Waals surface area contributed by atoms with Gasteiger partial charge in [0.05, 0.1) is 33.9 Å². The van der Waals surface area contributed by atoms with E-state index in [4.69, 9.17) is 32.7 Å². The van der Waals surface area contributed by atoms with Crippen LogP contribution in [0.3, 0.4) is 0 Å². The Bertz CT molecular complexity index is 1250. The third kappa shape index (κ3) is 6.06. The van der Waals surface area contributed by atoms with Crippen LogP contribution in [0, 0.1) is 10.1 Å². The number of hydrazone groups is 1. The maximum absolute atomic E-state index is 12.4. The summed E-state index contributed by atoms with van der Waals surface area (Å²) in [5, 5.41) is 15.1. The molecule has 0 radical (unpaired) electrons. The highest BCUT2D eigenvalue weighted by atomic mass is 35.5. The number of carbonyl (C=O) groups is 2. The number of carbonyl (C=O) groups excluding carboxylic acids is 2. The molecule has 0 fully saturated rings. The third-order valence-electron chi connectivity index (χ3n) is 4.27. The van der Waals surface area contributed by atoms with Crippen LogP contribution in [0.25, 0.3) is 0 Å². The summed E-state index contributed by atoms with van der Waals surface area (Å²) in [4.78, 5) is 34.6. The van der Waals surface area contributed by atoms with Gasteiger partial charge in [-0.2, -0.15) is 5.10 Å². The van der Waals surface area contributed by atoms with E-state index in [1.54, 1.807) is 12.1 Å². The number of ether oxygens (including phenoxy) is 2. The highest BCUT2D eigenvalue weighted by Crippen LogP contribution is 2.29. The van der Waals surface area contributed by atoms with Crippen molar-refractivity contribution in [3.63, 3.8) is 0 Å². The Labute approximate surface area is 197 Å². The number of hydrogen-bond acceptors (Lipinski definition) is 7. The zero-order valence-electron chi connectivity index (χ0n) is 17.0. The van der Waals surface area contributed by atoms with Gasteiger partial charge in [-0.3, -0.25) is 14.9 Å². The minimum Gasteiger partial charge on any atom is -0.493 e. The molecular formula is C22H15Cl2N3O6. The lowest BCUT2D eigenvalue weighted by molar-refractivity contribution is -0.384. The Morgan fingerprint density at radius 3 is 2.30 bits per heavy atom. The number of nitro groups is 1. The van der Waals surface area contributed by atoms with E-state index in [0.717, 1.165) is 0 Å². The number of nitrogens with one attached hydrogen (secondary N) is 1. The minimum atomic E-state index is -0.649. The molecule has 9 nitrogen and oxygen atoms in total. The number of nitro benzene ring substituents is 1. The van der Waals surface area contributed by atoms with Gasteiger partial charge in [0.15, 0.2) is 11.5 Å². The first-order valence-electron chi connectivity index (χ1n) is 9.21. The van der Waals surface area contributed by atoms with E-state index in [0.29, 0.717) is 10.6 Å². The number of non-ortho nitro benzene ring substituents is 1. The lowest BCUT2D eigenvalue weighted by Crippen LogP contribution is -2.17. The van der Waals surface area contributed by atoms with E-state index in [1.165, 1.54) is 61.9 Å². The molecule has 0 unspecified atom stereocenters. The molecule has 168 valence electrons. The van der Waals surface area contributed by atoms with Crippen molar-refractivity contribution in [2.75, 3.05) is 7.11 Å². The third-order valence-corrected chi connectivity index (χ3v) is 5.00. The largest absolute Gasteiger partial charge is 0.493 e. The second kappa shape index (κ2) is 10.6. The molecule has 0 bridgehead atoms. The summed E-state index contributed by atoms with van der Waals surface area (Å²) in [6.07, 6.45) is 1.36. The molecule has 0 aliphatic carbocycles. The molecule has 3 aromatic carbocycles. The molecule has 0 heterocycles. The van der Waals surface area contributed by atoms with Crippen molar-refractivity contribution < 1.29 is 24.0 Å². The number of rotatable bonds is 7. The predicted octanol–water partition coefficient (Wildman–Crippen LogP) is 4.89. The van der Waals surface area contributed by atoms with Crippen molar-refractivity contribution in [1.82, 2.24) is 5.43 Å². The van der Waals surface area contributed by atoms with Crippen LogP contribution in [0.4, 0.5) is 5.69 Å². The van der Waals surface area contributed by atoms with E-state index in [-0.39, 0.29) is 33.3 Å². The molecule has 33 heavy (non-hydrogen) atoms. The quantitative estimate of drug-likeness (QED) is 0.166. The summed E-state index contributed by atoms with van der Waals surface area (Å²) < 4.78 is 10.6. The zero-order valence-corrected chi connectivity index (χ0v) is 18.5. The molecule has 11 heteroatoms. The maximum atomic E-state index is 12.4. The molecule has 3 rings (SSSR count). The van der Waals surface area contributed by atoms with Gasteiger partial charge in [-0.1, -0.05) is 23.2 Å². The number of halogens is 2. The molecule has 0 aliphatic rings. The molecule has 3 aromatic rings. The lowest BCUT2D eigenvalue weighted by atomic mass is 10.2. The van der Waals surface area contributed by atoms with Crippen LogP contribution >= 0.6 is 23.2 Å². The number of esters is 1. The van der Waals surface area contributed by atoms with Gasteiger partial charge >= 0.3 is 5.97 Å². The Morgan fingerprint density at radius 2 is 1.67 bits per heavy atom. The lowest BCUT2D eigenvalue weighted by Gasteiger charge is -2.10. The Balaban J connectivity index is 1.66. The molecule has 1 N–H and O–H groups in total. The average Bonchev–Trinajstić information content (AvgIpc) is 2.81. The molecule has 0 saturated carbocycles. The van der Waals surface area contributed by atoms with Crippen molar-refractivity contribution in [3.8, 4) is 11.5 Å². The first-order valence-corrected chi connectivity index (χ1v) is 9.97. The van der Waals surface area contributed by atoms with Crippen LogP contribution in [-0.4, -0.2) is 30.1 Å². The Hall–Kier alpha value is -3.95. The van der Waals surface area contributed by atoms with Gasteiger partial charge in [-0.15, -0.1) is 0 Å². The summed E-state index contributed by atoms with van der Waals surface area (Å²) in [5.74, 6) is -0.765. The molecular weight excluding hydrogens is 473 g/mol. The second-order valence-corrected chi connectivity index (χ2v) is 7.25. The maximum Gasteiger partial charge on any atom is 0.343 e. The smallest absolute Gasteiger partial charge is 0.343 e. The van der Waals surface area contributed by atoms with Crippen LogP contribution in [0.2, 0.25) is 10.0 Å². The number of methoxy groups -OCH3 is 1. The van der Waals surface area contributed by atoms with Gasteiger partial charge in [0.1, 0.15) is 0 Å². The summed E-state index contributed by atoms with van der Waals surface area (Å²) in [6, 6.07) is 14.1. The molecule has 0 aromatic heterocycles. The summed E-state index contributed by atoms with van der Waals surface area (Å²) in [6.45, 7) is 0. The molecule has 1 amide bonds. The monoisotopic (exact) mass is 487 g/mol. The zero-order chi connectivity index (χ0) is 24.0. The fourth-order valence-corrected chi connectivity index (χ4v) is 2.89. The van der Waals surface area contributed by atoms with Gasteiger partial charge in [0, 0.05) is 17.7 Å².